The molecular formula is C20H28N4O4. The molecule has 1 aromatic carbocycles. The van der Waals surface area contributed by atoms with Crippen molar-refractivity contribution in [1.29, 1.82) is 0 Å². The van der Waals surface area contributed by atoms with Crippen molar-refractivity contribution in [2.75, 3.05) is 40.4 Å². The molecule has 0 saturated carbocycles. The summed E-state index contributed by atoms with van der Waals surface area (Å²) in [6.07, 6.45) is 0. The Morgan fingerprint density at radius 3 is 2.18 bits per heavy atom. The van der Waals surface area contributed by atoms with Gasteiger partial charge in [-0.3, -0.25) is 9.69 Å². The third kappa shape index (κ3) is 4.62. The second-order valence-corrected chi connectivity index (χ2v) is 7.93. The van der Waals surface area contributed by atoms with Gasteiger partial charge in [0.25, 0.3) is 5.91 Å². The van der Waals surface area contributed by atoms with Crippen LogP contribution in [0.5, 0.6) is 11.5 Å². The van der Waals surface area contributed by atoms with Crippen LogP contribution in [0.15, 0.2) is 22.7 Å². The van der Waals surface area contributed by atoms with Gasteiger partial charge in [0, 0.05) is 43.2 Å². The number of rotatable bonds is 5. The Bertz CT molecular complexity index is 798. The molecule has 8 heteroatoms. The minimum atomic E-state index is -0.134. The Kier molecular flexibility index (Phi) is 5.88. The van der Waals surface area contributed by atoms with E-state index in [-0.39, 0.29) is 11.3 Å². The lowest BCUT2D eigenvalue weighted by Gasteiger charge is -2.34. The monoisotopic (exact) mass is 388 g/mol. The third-order valence-corrected chi connectivity index (χ3v) is 4.76. The Balaban J connectivity index is 1.59. The third-order valence-electron chi connectivity index (χ3n) is 4.76. The van der Waals surface area contributed by atoms with Crippen molar-refractivity contribution in [3.8, 4) is 11.5 Å². The molecule has 1 fully saturated rings. The molecule has 1 aliphatic rings. The fourth-order valence-electron chi connectivity index (χ4n) is 3.04. The van der Waals surface area contributed by atoms with Crippen molar-refractivity contribution in [2.45, 2.75) is 32.7 Å². The number of ether oxygens (including phenoxy) is 2. The van der Waals surface area contributed by atoms with E-state index in [1.54, 1.807) is 32.4 Å². The molecular weight excluding hydrogens is 360 g/mol. The van der Waals surface area contributed by atoms with Crippen LogP contribution in [0.3, 0.4) is 0 Å². The highest BCUT2D eigenvalue weighted by Gasteiger charge is 2.25. The number of nitrogens with zero attached hydrogens (tertiary/aromatic N) is 4. The molecule has 3 rings (SSSR count). The van der Waals surface area contributed by atoms with E-state index in [2.05, 4.69) is 35.8 Å². The highest BCUT2D eigenvalue weighted by atomic mass is 16.5. The zero-order chi connectivity index (χ0) is 20.3. The van der Waals surface area contributed by atoms with Crippen molar-refractivity contribution in [3.63, 3.8) is 0 Å². The number of piperazine rings is 1. The lowest BCUT2D eigenvalue weighted by atomic mass is 9.96. The van der Waals surface area contributed by atoms with E-state index in [4.69, 9.17) is 14.0 Å². The van der Waals surface area contributed by atoms with E-state index < -0.39 is 0 Å². The molecule has 0 N–H and O–H groups in total. The Morgan fingerprint density at radius 2 is 1.68 bits per heavy atom. The van der Waals surface area contributed by atoms with Gasteiger partial charge in [-0.2, -0.15) is 4.98 Å². The molecule has 1 saturated heterocycles. The molecule has 0 radical (unpaired) electrons. The number of carbonyl (C=O) groups excluding carboxylic acids is 1. The predicted octanol–water partition coefficient (Wildman–Crippen LogP) is 2.34. The lowest BCUT2D eigenvalue weighted by molar-refractivity contribution is 0.0614. The van der Waals surface area contributed by atoms with Crippen molar-refractivity contribution in [2.24, 2.45) is 0 Å². The Labute approximate surface area is 165 Å². The van der Waals surface area contributed by atoms with Gasteiger partial charge in [-0.1, -0.05) is 25.9 Å². The van der Waals surface area contributed by atoms with Gasteiger partial charge in [0.15, 0.2) is 5.82 Å². The van der Waals surface area contributed by atoms with Crippen LogP contribution >= 0.6 is 0 Å². The molecule has 1 aliphatic heterocycles. The van der Waals surface area contributed by atoms with E-state index in [1.165, 1.54) is 0 Å². The normalized spacial score (nSPS) is 15.5. The Morgan fingerprint density at radius 1 is 1.07 bits per heavy atom. The van der Waals surface area contributed by atoms with E-state index in [0.29, 0.717) is 48.4 Å². The first-order valence-corrected chi connectivity index (χ1v) is 9.38. The number of aromatic nitrogens is 2. The van der Waals surface area contributed by atoms with Gasteiger partial charge in [-0.25, -0.2) is 0 Å². The quantitative estimate of drug-likeness (QED) is 0.778. The van der Waals surface area contributed by atoms with Crippen LogP contribution in [0, 0.1) is 0 Å². The van der Waals surface area contributed by atoms with Crippen molar-refractivity contribution >= 4 is 5.91 Å². The number of amides is 1. The van der Waals surface area contributed by atoms with Crippen LogP contribution in [0.4, 0.5) is 0 Å². The molecule has 28 heavy (non-hydrogen) atoms. The second kappa shape index (κ2) is 8.18. The van der Waals surface area contributed by atoms with Gasteiger partial charge >= 0.3 is 0 Å². The molecule has 152 valence electrons. The predicted molar refractivity (Wildman–Crippen MR) is 104 cm³/mol. The zero-order valence-corrected chi connectivity index (χ0v) is 17.2. The van der Waals surface area contributed by atoms with E-state index in [1.807, 2.05) is 4.90 Å². The maximum absolute atomic E-state index is 12.9. The van der Waals surface area contributed by atoms with E-state index in [0.717, 1.165) is 13.1 Å². The van der Waals surface area contributed by atoms with Gasteiger partial charge in [0.05, 0.1) is 20.8 Å². The summed E-state index contributed by atoms with van der Waals surface area (Å²) in [6, 6.07) is 5.23. The number of benzene rings is 1. The zero-order valence-electron chi connectivity index (χ0n) is 17.2. The van der Waals surface area contributed by atoms with Crippen molar-refractivity contribution in [1.82, 2.24) is 19.9 Å². The van der Waals surface area contributed by atoms with Gasteiger partial charge in [0.2, 0.25) is 5.89 Å². The van der Waals surface area contributed by atoms with Crippen LogP contribution in [0.1, 0.15) is 42.8 Å². The smallest absolute Gasteiger partial charge is 0.254 e. The summed E-state index contributed by atoms with van der Waals surface area (Å²) in [5.41, 5.74) is 0.432. The average molecular weight is 388 g/mol. The molecule has 2 aromatic rings. The summed E-state index contributed by atoms with van der Waals surface area (Å²) in [6.45, 7) is 9.54. The molecule has 1 amide bonds. The minimum absolute atomic E-state index is 0.0235. The maximum atomic E-state index is 12.9. The van der Waals surface area contributed by atoms with Gasteiger partial charge in [0.1, 0.15) is 11.5 Å². The number of hydrogen-bond donors (Lipinski definition) is 0. The molecule has 0 spiro atoms. The van der Waals surface area contributed by atoms with Crippen LogP contribution in [-0.2, 0) is 12.0 Å². The van der Waals surface area contributed by atoms with Gasteiger partial charge in [-0.05, 0) is 12.1 Å². The van der Waals surface area contributed by atoms with Crippen LogP contribution in [0.25, 0.3) is 0 Å². The maximum Gasteiger partial charge on any atom is 0.254 e. The lowest BCUT2D eigenvalue weighted by Crippen LogP contribution is -2.48. The standard InChI is InChI=1S/C20H28N4O4/c1-20(2,3)19-21-17(28-22-19)13-23-6-8-24(9-7-23)18(25)14-10-15(26-4)12-16(11-14)27-5/h10-12H,6-9,13H2,1-5H3. The number of hydrogen-bond acceptors (Lipinski definition) is 7. The molecule has 1 aromatic heterocycles. The van der Waals surface area contributed by atoms with E-state index in [9.17, 15) is 4.79 Å². The SMILES string of the molecule is COc1cc(OC)cc(C(=O)N2CCN(Cc3nc(C(C)(C)C)no3)CC2)c1. The summed E-state index contributed by atoms with van der Waals surface area (Å²) >= 11 is 0. The summed E-state index contributed by atoms with van der Waals surface area (Å²) in [5, 5.41) is 4.07. The Hall–Kier alpha value is -2.61. The minimum Gasteiger partial charge on any atom is -0.497 e. The number of methoxy groups -OCH3 is 2. The van der Waals surface area contributed by atoms with Crippen LogP contribution < -0.4 is 9.47 Å². The van der Waals surface area contributed by atoms with Gasteiger partial charge < -0.3 is 18.9 Å². The first kappa shape index (κ1) is 20.1. The molecule has 0 aliphatic carbocycles. The highest BCUT2D eigenvalue weighted by Crippen LogP contribution is 2.24. The second-order valence-electron chi connectivity index (χ2n) is 7.93. The summed E-state index contributed by atoms with van der Waals surface area (Å²) in [7, 11) is 3.15. The van der Waals surface area contributed by atoms with E-state index >= 15 is 0 Å². The summed E-state index contributed by atoms with van der Waals surface area (Å²) in [4.78, 5) is 21.4. The van der Waals surface area contributed by atoms with Gasteiger partial charge in [-0.15, -0.1) is 0 Å². The largest absolute Gasteiger partial charge is 0.497 e. The summed E-state index contributed by atoms with van der Waals surface area (Å²) in [5.74, 6) is 2.51. The van der Waals surface area contributed by atoms with Crippen LogP contribution in [-0.4, -0.2) is 66.2 Å². The fraction of sp³-hybridized carbons (Fsp3) is 0.550. The van der Waals surface area contributed by atoms with Crippen molar-refractivity contribution in [3.05, 3.63) is 35.5 Å². The fourth-order valence-corrected chi connectivity index (χ4v) is 3.04. The molecule has 0 atom stereocenters. The average Bonchev–Trinajstić information content (AvgIpc) is 3.16. The highest BCUT2D eigenvalue weighted by molar-refractivity contribution is 5.95. The summed E-state index contributed by atoms with van der Waals surface area (Å²) < 4.78 is 15.9. The topological polar surface area (TPSA) is 80.9 Å². The first-order chi connectivity index (χ1) is 13.3. The molecule has 2 heterocycles. The molecule has 0 unspecified atom stereocenters. The van der Waals surface area contributed by atoms with Crippen molar-refractivity contribution < 1.29 is 18.8 Å². The molecule has 0 bridgehead atoms. The first-order valence-electron chi connectivity index (χ1n) is 9.38. The van der Waals surface area contributed by atoms with Crippen LogP contribution in [0.2, 0.25) is 0 Å². The molecule has 8 nitrogen and oxygen atoms in total. The number of carbonyl (C=O) groups is 1.